The van der Waals surface area contributed by atoms with Crippen molar-refractivity contribution in [2.45, 2.75) is 38.7 Å². The summed E-state index contributed by atoms with van der Waals surface area (Å²) in [6, 6.07) is 7.18. The van der Waals surface area contributed by atoms with Crippen LogP contribution in [0.25, 0.3) is 0 Å². The van der Waals surface area contributed by atoms with Crippen LogP contribution in [0.5, 0.6) is 5.75 Å². The number of aliphatic hydroxyl groups excluding tert-OH is 1. The van der Waals surface area contributed by atoms with Gasteiger partial charge in [0.25, 0.3) is 0 Å². The summed E-state index contributed by atoms with van der Waals surface area (Å²) in [5.41, 5.74) is 0.773. The molecular formula is C15H23NO3. The number of carbonyl (C=O) groups excluding carboxylic acids is 1. The van der Waals surface area contributed by atoms with Crippen molar-refractivity contribution >= 4 is 5.91 Å². The minimum Gasteiger partial charge on any atom is -0.497 e. The molecule has 0 spiro atoms. The molecule has 0 aliphatic heterocycles. The Kier molecular flexibility index (Phi) is 6.97. The maximum absolute atomic E-state index is 11.5. The van der Waals surface area contributed by atoms with E-state index in [4.69, 9.17) is 4.74 Å². The Morgan fingerprint density at radius 3 is 2.58 bits per heavy atom. The molecule has 1 aromatic carbocycles. The number of hydrogen-bond donors (Lipinski definition) is 2. The first kappa shape index (κ1) is 15.5. The molecule has 0 aromatic heterocycles. The van der Waals surface area contributed by atoms with Crippen LogP contribution in [0.15, 0.2) is 24.3 Å². The van der Waals surface area contributed by atoms with Crippen LogP contribution in [0.3, 0.4) is 0 Å². The van der Waals surface area contributed by atoms with Crippen molar-refractivity contribution in [3.63, 3.8) is 0 Å². The Hall–Kier alpha value is -1.55. The van der Waals surface area contributed by atoms with Gasteiger partial charge in [-0.25, -0.2) is 0 Å². The number of unbranched alkanes of at least 4 members (excludes halogenated alkanes) is 2. The van der Waals surface area contributed by atoms with Gasteiger partial charge in [-0.1, -0.05) is 31.9 Å². The topological polar surface area (TPSA) is 58.6 Å². The number of aliphatic hydroxyl groups is 1. The second kappa shape index (κ2) is 8.53. The van der Waals surface area contributed by atoms with Gasteiger partial charge in [0, 0.05) is 13.0 Å². The lowest BCUT2D eigenvalue weighted by Gasteiger charge is -2.12. The van der Waals surface area contributed by atoms with Gasteiger partial charge in [-0.05, 0) is 24.1 Å². The quantitative estimate of drug-likeness (QED) is 0.710. The van der Waals surface area contributed by atoms with Gasteiger partial charge in [-0.3, -0.25) is 4.79 Å². The van der Waals surface area contributed by atoms with Crippen molar-refractivity contribution in [3.05, 3.63) is 29.8 Å². The van der Waals surface area contributed by atoms with E-state index in [9.17, 15) is 9.90 Å². The SMILES string of the molecule is CCCCCC(=O)NCC(O)c1ccc(OC)cc1. The summed E-state index contributed by atoms with van der Waals surface area (Å²) in [5, 5.41) is 12.7. The van der Waals surface area contributed by atoms with Gasteiger partial charge in [-0.2, -0.15) is 0 Å². The molecule has 0 aliphatic rings. The third-order valence-electron chi connectivity index (χ3n) is 3.00. The molecule has 1 aromatic rings. The molecule has 0 saturated carbocycles. The summed E-state index contributed by atoms with van der Waals surface area (Å²) in [6.07, 6.45) is 2.92. The number of hydrogen-bond acceptors (Lipinski definition) is 3. The van der Waals surface area contributed by atoms with Gasteiger partial charge in [0.15, 0.2) is 0 Å². The Morgan fingerprint density at radius 1 is 1.32 bits per heavy atom. The lowest BCUT2D eigenvalue weighted by atomic mass is 10.1. The van der Waals surface area contributed by atoms with Crippen LogP contribution in [-0.2, 0) is 4.79 Å². The number of nitrogens with one attached hydrogen (secondary N) is 1. The number of benzene rings is 1. The highest BCUT2D eigenvalue weighted by Crippen LogP contribution is 2.16. The smallest absolute Gasteiger partial charge is 0.220 e. The fraction of sp³-hybridized carbons (Fsp3) is 0.533. The molecule has 1 amide bonds. The van der Waals surface area contributed by atoms with Crippen LogP contribution < -0.4 is 10.1 Å². The van der Waals surface area contributed by atoms with Gasteiger partial charge in [0.05, 0.1) is 13.2 Å². The largest absolute Gasteiger partial charge is 0.497 e. The van der Waals surface area contributed by atoms with Crippen molar-refractivity contribution in [3.8, 4) is 5.75 Å². The molecule has 1 atom stereocenters. The van der Waals surface area contributed by atoms with E-state index in [1.165, 1.54) is 0 Å². The molecule has 2 N–H and O–H groups in total. The zero-order valence-electron chi connectivity index (χ0n) is 11.7. The third kappa shape index (κ3) is 5.75. The summed E-state index contributed by atoms with van der Waals surface area (Å²) in [6.45, 7) is 2.35. The lowest BCUT2D eigenvalue weighted by Crippen LogP contribution is -2.28. The van der Waals surface area contributed by atoms with Crippen molar-refractivity contribution in [2.24, 2.45) is 0 Å². The van der Waals surface area contributed by atoms with Gasteiger partial charge >= 0.3 is 0 Å². The molecule has 19 heavy (non-hydrogen) atoms. The van der Waals surface area contributed by atoms with Gasteiger partial charge in [0.2, 0.25) is 5.91 Å². The normalized spacial score (nSPS) is 11.9. The van der Waals surface area contributed by atoms with E-state index in [1.807, 2.05) is 0 Å². The van der Waals surface area contributed by atoms with Crippen LogP contribution in [0.2, 0.25) is 0 Å². The second-order valence-corrected chi connectivity index (χ2v) is 4.55. The standard InChI is InChI=1S/C15H23NO3/c1-3-4-5-6-15(18)16-11-14(17)12-7-9-13(19-2)10-8-12/h7-10,14,17H,3-6,11H2,1-2H3,(H,16,18). The van der Waals surface area contributed by atoms with Crippen molar-refractivity contribution < 1.29 is 14.6 Å². The van der Waals surface area contributed by atoms with E-state index >= 15 is 0 Å². The van der Waals surface area contributed by atoms with Crippen LogP contribution in [-0.4, -0.2) is 24.7 Å². The first-order chi connectivity index (χ1) is 9.17. The first-order valence-electron chi connectivity index (χ1n) is 6.76. The van der Waals surface area contributed by atoms with E-state index in [2.05, 4.69) is 12.2 Å². The van der Waals surface area contributed by atoms with E-state index in [1.54, 1.807) is 31.4 Å². The predicted octanol–water partition coefficient (Wildman–Crippen LogP) is 2.43. The lowest BCUT2D eigenvalue weighted by molar-refractivity contribution is -0.121. The molecule has 0 radical (unpaired) electrons. The molecule has 1 rings (SSSR count). The van der Waals surface area contributed by atoms with Gasteiger partial charge in [0.1, 0.15) is 5.75 Å². The second-order valence-electron chi connectivity index (χ2n) is 4.55. The van der Waals surface area contributed by atoms with Gasteiger partial charge in [-0.15, -0.1) is 0 Å². The molecule has 106 valence electrons. The van der Waals surface area contributed by atoms with Crippen LogP contribution >= 0.6 is 0 Å². The van der Waals surface area contributed by atoms with E-state index in [-0.39, 0.29) is 12.5 Å². The maximum atomic E-state index is 11.5. The Labute approximate surface area is 114 Å². The maximum Gasteiger partial charge on any atom is 0.220 e. The highest BCUT2D eigenvalue weighted by Gasteiger charge is 2.09. The zero-order valence-corrected chi connectivity index (χ0v) is 11.7. The third-order valence-corrected chi connectivity index (χ3v) is 3.00. The Morgan fingerprint density at radius 2 is 2.00 bits per heavy atom. The van der Waals surface area contributed by atoms with E-state index < -0.39 is 6.10 Å². The molecule has 1 unspecified atom stereocenters. The molecule has 0 aliphatic carbocycles. The molecule has 0 bridgehead atoms. The molecule has 4 nitrogen and oxygen atoms in total. The molecule has 0 heterocycles. The fourth-order valence-corrected chi connectivity index (χ4v) is 1.78. The van der Waals surface area contributed by atoms with Crippen LogP contribution in [0, 0.1) is 0 Å². The van der Waals surface area contributed by atoms with Crippen LogP contribution in [0.4, 0.5) is 0 Å². The van der Waals surface area contributed by atoms with Crippen molar-refractivity contribution in [1.82, 2.24) is 5.32 Å². The Balaban J connectivity index is 2.33. The molecule has 0 saturated heterocycles. The van der Waals surface area contributed by atoms with E-state index in [0.717, 1.165) is 30.6 Å². The fourth-order valence-electron chi connectivity index (χ4n) is 1.78. The average molecular weight is 265 g/mol. The summed E-state index contributed by atoms with van der Waals surface area (Å²) in [4.78, 5) is 11.5. The molecular weight excluding hydrogens is 242 g/mol. The number of ether oxygens (including phenoxy) is 1. The zero-order chi connectivity index (χ0) is 14.1. The van der Waals surface area contributed by atoms with Crippen molar-refractivity contribution in [2.75, 3.05) is 13.7 Å². The van der Waals surface area contributed by atoms with Crippen molar-refractivity contribution in [1.29, 1.82) is 0 Å². The minimum absolute atomic E-state index is 0.000937. The number of carbonyl (C=O) groups is 1. The highest BCUT2D eigenvalue weighted by molar-refractivity contribution is 5.75. The average Bonchev–Trinajstić information content (AvgIpc) is 2.45. The van der Waals surface area contributed by atoms with Gasteiger partial charge < -0.3 is 15.2 Å². The van der Waals surface area contributed by atoms with E-state index in [0.29, 0.717) is 6.42 Å². The monoisotopic (exact) mass is 265 g/mol. The summed E-state index contributed by atoms with van der Waals surface area (Å²) in [5.74, 6) is 0.751. The summed E-state index contributed by atoms with van der Waals surface area (Å²) < 4.78 is 5.05. The number of methoxy groups -OCH3 is 1. The first-order valence-corrected chi connectivity index (χ1v) is 6.76. The van der Waals surface area contributed by atoms with Crippen LogP contribution in [0.1, 0.15) is 44.3 Å². The highest BCUT2D eigenvalue weighted by atomic mass is 16.5. The molecule has 0 fully saturated rings. The summed E-state index contributed by atoms with van der Waals surface area (Å²) >= 11 is 0. The number of rotatable bonds is 8. The predicted molar refractivity (Wildman–Crippen MR) is 75.1 cm³/mol. The Bertz CT molecular complexity index is 375. The minimum atomic E-state index is -0.680. The number of amides is 1. The molecule has 4 heteroatoms. The summed E-state index contributed by atoms with van der Waals surface area (Å²) in [7, 11) is 1.60.